The molecule has 0 bridgehead atoms. The van der Waals surface area contributed by atoms with Gasteiger partial charge in [0.2, 0.25) is 0 Å². The number of carbonyl (C=O) groups excluding carboxylic acids is 1. The van der Waals surface area contributed by atoms with Crippen LogP contribution in [0.4, 0.5) is 0 Å². The normalized spacial score (nSPS) is 12.5. The average molecular weight is 180 g/mol. The number of aliphatic hydroxyl groups excluding tert-OH is 1. The van der Waals surface area contributed by atoms with E-state index in [4.69, 9.17) is 5.11 Å². The minimum Gasteiger partial charge on any atom is -0.391 e. The molecule has 4 nitrogen and oxygen atoms in total. The first-order valence-electron chi connectivity index (χ1n) is 4.01. The molecule has 0 amide bonds. The molecular weight excluding hydrogens is 168 g/mol. The van der Waals surface area contributed by atoms with E-state index in [1.54, 1.807) is 23.7 Å². The first-order valence-corrected chi connectivity index (χ1v) is 4.01. The maximum atomic E-state index is 10.4. The molecule has 0 spiro atoms. The summed E-state index contributed by atoms with van der Waals surface area (Å²) in [7, 11) is 0. The van der Waals surface area contributed by atoms with Gasteiger partial charge in [-0.15, -0.1) is 0 Å². The summed E-state index contributed by atoms with van der Waals surface area (Å²) in [5, 5.41) is 13.1. The molecule has 0 aliphatic heterocycles. The van der Waals surface area contributed by atoms with Gasteiger partial charge in [-0.05, 0) is 19.1 Å². The molecule has 1 rings (SSSR count). The molecule has 13 heavy (non-hydrogen) atoms. The summed E-state index contributed by atoms with van der Waals surface area (Å²) in [5.74, 6) is 0. The fourth-order valence-corrected chi connectivity index (χ4v) is 1.07. The number of aldehydes is 1. The highest BCUT2D eigenvalue weighted by atomic mass is 16.3. The highest BCUT2D eigenvalue weighted by Gasteiger charge is 2.06. The summed E-state index contributed by atoms with van der Waals surface area (Å²) < 4.78 is 1.56. The van der Waals surface area contributed by atoms with Gasteiger partial charge < -0.3 is 5.11 Å². The van der Waals surface area contributed by atoms with E-state index in [-0.39, 0.29) is 0 Å². The van der Waals surface area contributed by atoms with Gasteiger partial charge >= 0.3 is 0 Å². The van der Waals surface area contributed by atoms with Gasteiger partial charge in [-0.2, -0.15) is 5.10 Å². The van der Waals surface area contributed by atoms with Gasteiger partial charge in [0.05, 0.1) is 18.3 Å². The Kier molecular flexibility index (Phi) is 2.97. The molecule has 0 saturated carbocycles. The van der Waals surface area contributed by atoms with Gasteiger partial charge in [-0.25, -0.2) is 0 Å². The van der Waals surface area contributed by atoms with Crippen LogP contribution >= 0.6 is 0 Å². The Morgan fingerprint density at radius 3 is 3.00 bits per heavy atom. The first-order chi connectivity index (χ1) is 6.17. The third-order valence-corrected chi connectivity index (χ3v) is 1.60. The first kappa shape index (κ1) is 9.67. The molecule has 1 atom stereocenters. The molecule has 0 aromatic carbocycles. The van der Waals surface area contributed by atoms with Crippen molar-refractivity contribution in [1.82, 2.24) is 9.78 Å². The summed E-state index contributed by atoms with van der Waals surface area (Å²) >= 11 is 0. The van der Waals surface area contributed by atoms with Gasteiger partial charge in [-0.1, -0.05) is 6.58 Å². The van der Waals surface area contributed by atoms with Crippen LogP contribution in [0.3, 0.4) is 0 Å². The quantitative estimate of drug-likeness (QED) is 0.694. The molecule has 1 unspecified atom stereocenters. The SMILES string of the molecule is C=Cc1cc(C=O)nn1CC(C)O. The van der Waals surface area contributed by atoms with Crippen LogP contribution in [-0.2, 0) is 6.54 Å². The monoisotopic (exact) mass is 180 g/mol. The van der Waals surface area contributed by atoms with Crippen molar-refractivity contribution in [3.05, 3.63) is 24.0 Å². The van der Waals surface area contributed by atoms with Crippen LogP contribution in [0.1, 0.15) is 23.1 Å². The topological polar surface area (TPSA) is 55.1 Å². The summed E-state index contributed by atoms with van der Waals surface area (Å²) in [6.45, 7) is 5.62. The molecule has 0 aliphatic carbocycles. The minimum atomic E-state index is -0.488. The highest BCUT2D eigenvalue weighted by molar-refractivity contribution is 5.72. The van der Waals surface area contributed by atoms with Crippen LogP contribution in [0.2, 0.25) is 0 Å². The minimum absolute atomic E-state index is 0.357. The van der Waals surface area contributed by atoms with Gasteiger partial charge in [-0.3, -0.25) is 9.48 Å². The Bertz CT molecular complexity index is 315. The van der Waals surface area contributed by atoms with Gasteiger partial charge in [0.15, 0.2) is 6.29 Å². The van der Waals surface area contributed by atoms with E-state index in [0.717, 1.165) is 5.69 Å². The smallest absolute Gasteiger partial charge is 0.170 e. The van der Waals surface area contributed by atoms with Crippen molar-refractivity contribution in [3.63, 3.8) is 0 Å². The van der Waals surface area contributed by atoms with Crippen LogP contribution in [0.5, 0.6) is 0 Å². The van der Waals surface area contributed by atoms with E-state index in [9.17, 15) is 4.79 Å². The summed E-state index contributed by atoms with van der Waals surface area (Å²) in [5.41, 5.74) is 1.10. The standard InChI is InChI=1S/C9H12N2O2/c1-3-9-4-8(6-12)10-11(9)5-7(2)13/h3-4,6-7,13H,1,5H2,2H3. The second kappa shape index (κ2) is 4.00. The number of aromatic nitrogens is 2. The Balaban J connectivity index is 2.96. The Labute approximate surface area is 76.5 Å². The van der Waals surface area contributed by atoms with Crippen molar-refractivity contribution >= 4 is 12.4 Å². The molecular formula is C9H12N2O2. The number of hydrogen-bond donors (Lipinski definition) is 1. The van der Waals surface area contributed by atoms with Crippen molar-refractivity contribution in [1.29, 1.82) is 0 Å². The molecule has 0 fully saturated rings. The number of aliphatic hydroxyl groups is 1. The number of nitrogens with zero attached hydrogens (tertiary/aromatic N) is 2. The van der Waals surface area contributed by atoms with Gasteiger partial charge in [0.25, 0.3) is 0 Å². The van der Waals surface area contributed by atoms with Crippen LogP contribution in [0.25, 0.3) is 6.08 Å². The van der Waals surface area contributed by atoms with Crippen molar-refractivity contribution in [2.24, 2.45) is 0 Å². The molecule has 70 valence electrons. The summed E-state index contributed by atoms with van der Waals surface area (Å²) in [4.78, 5) is 10.4. The molecule has 0 aliphatic rings. The zero-order valence-corrected chi connectivity index (χ0v) is 7.47. The maximum absolute atomic E-state index is 10.4. The molecule has 1 aromatic rings. The Morgan fingerprint density at radius 1 is 1.85 bits per heavy atom. The molecule has 4 heteroatoms. The van der Waals surface area contributed by atoms with Gasteiger partial charge in [0.1, 0.15) is 5.69 Å². The summed E-state index contributed by atoms with van der Waals surface area (Å²) in [6, 6.07) is 1.63. The van der Waals surface area contributed by atoms with E-state index in [1.165, 1.54) is 0 Å². The number of carbonyl (C=O) groups is 1. The molecule has 1 N–H and O–H groups in total. The van der Waals surface area contributed by atoms with Crippen molar-refractivity contribution in [2.45, 2.75) is 19.6 Å². The Morgan fingerprint density at radius 2 is 2.54 bits per heavy atom. The Hall–Kier alpha value is -1.42. The van der Waals surface area contributed by atoms with Crippen LogP contribution < -0.4 is 0 Å². The van der Waals surface area contributed by atoms with E-state index in [1.807, 2.05) is 0 Å². The van der Waals surface area contributed by atoms with E-state index in [0.29, 0.717) is 18.5 Å². The summed E-state index contributed by atoms with van der Waals surface area (Å²) in [6.07, 6.45) is 1.78. The predicted molar refractivity (Wildman–Crippen MR) is 49.4 cm³/mol. The highest BCUT2D eigenvalue weighted by Crippen LogP contribution is 2.05. The van der Waals surface area contributed by atoms with E-state index in [2.05, 4.69) is 11.7 Å². The molecule has 1 aromatic heterocycles. The lowest BCUT2D eigenvalue weighted by atomic mass is 10.3. The lowest BCUT2D eigenvalue weighted by Gasteiger charge is -2.05. The van der Waals surface area contributed by atoms with Crippen molar-refractivity contribution in [3.8, 4) is 0 Å². The maximum Gasteiger partial charge on any atom is 0.170 e. The van der Waals surface area contributed by atoms with Crippen LogP contribution in [0.15, 0.2) is 12.6 Å². The third kappa shape index (κ3) is 2.26. The fourth-order valence-electron chi connectivity index (χ4n) is 1.07. The average Bonchev–Trinajstić information content (AvgIpc) is 2.46. The van der Waals surface area contributed by atoms with E-state index < -0.39 is 6.10 Å². The van der Waals surface area contributed by atoms with Crippen LogP contribution in [-0.4, -0.2) is 27.3 Å². The van der Waals surface area contributed by atoms with Crippen LogP contribution in [0, 0.1) is 0 Å². The predicted octanol–water partition coefficient (Wildman–Crippen LogP) is 0.719. The largest absolute Gasteiger partial charge is 0.391 e. The second-order valence-electron chi connectivity index (χ2n) is 2.85. The zero-order valence-electron chi connectivity index (χ0n) is 7.47. The molecule has 0 saturated heterocycles. The molecule has 0 radical (unpaired) electrons. The number of rotatable bonds is 4. The van der Waals surface area contributed by atoms with Crippen molar-refractivity contribution < 1.29 is 9.90 Å². The fraction of sp³-hybridized carbons (Fsp3) is 0.333. The lowest BCUT2D eigenvalue weighted by Crippen LogP contribution is -2.14. The zero-order chi connectivity index (χ0) is 9.84. The van der Waals surface area contributed by atoms with E-state index >= 15 is 0 Å². The third-order valence-electron chi connectivity index (χ3n) is 1.60. The molecule has 1 heterocycles. The number of hydrogen-bond acceptors (Lipinski definition) is 3. The lowest BCUT2D eigenvalue weighted by molar-refractivity contribution is 0.111. The second-order valence-corrected chi connectivity index (χ2v) is 2.85. The van der Waals surface area contributed by atoms with Gasteiger partial charge in [0, 0.05) is 0 Å². The van der Waals surface area contributed by atoms with Crippen molar-refractivity contribution in [2.75, 3.05) is 0 Å².